The Bertz CT molecular complexity index is 3820. The highest BCUT2D eigenvalue weighted by molar-refractivity contribution is 5.97. The number of unbranched alkanes of at least 4 members (excludes halogenated alkanes) is 12. The van der Waals surface area contributed by atoms with Gasteiger partial charge in [0.1, 0.15) is 89.1 Å². The van der Waals surface area contributed by atoms with Gasteiger partial charge in [0.2, 0.25) is 0 Å². The topological polar surface area (TPSA) is 343 Å². The Balaban J connectivity index is 1.88. The molecule has 27 nitrogen and oxygen atoms in total. The van der Waals surface area contributed by atoms with Crippen LogP contribution in [0.4, 0.5) is 0 Å². The molecule has 0 radical (unpaired) electrons. The summed E-state index contributed by atoms with van der Waals surface area (Å²) in [5.74, 6) is -7.99. The summed E-state index contributed by atoms with van der Waals surface area (Å²) in [6, 6.07) is 17.1. The highest BCUT2D eigenvalue weighted by Gasteiger charge is 2.27. The molecule has 124 heavy (non-hydrogen) atoms. The van der Waals surface area contributed by atoms with Crippen molar-refractivity contribution in [1.82, 2.24) is 0 Å². The molecule has 672 valence electrons. The van der Waals surface area contributed by atoms with Crippen molar-refractivity contribution >= 4 is 71.4 Å². The van der Waals surface area contributed by atoms with E-state index in [1.54, 1.807) is 0 Å². The lowest BCUT2D eigenvalue weighted by Gasteiger charge is -2.25. The molecule has 5 rings (SSSR count). The normalized spacial score (nSPS) is 11.6. The third-order valence-electron chi connectivity index (χ3n) is 19.5. The number of hydrogen-bond donors (Lipinski definition) is 0. The second-order valence-corrected chi connectivity index (χ2v) is 29.5. The van der Waals surface area contributed by atoms with Gasteiger partial charge in [-0.3, -0.25) is 4.79 Å². The molecule has 0 aromatic heterocycles. The van der Waals surface area contributed by atoms with Gasteiger partial charge in [-0.15, -0.1) is 0 Å². The summed E-state index contributed by atoms with van der Waals surface area (Å²) in [7, 11) is 4.61. The third kappa shape index (κ3) is 38.5. The van der Waals surface area contributed by atoms with E-state index in [2.05, 4.69) is 121 Å². The molecule has 1 aliphatic carbocycles. The molecule has 4 aromatic rings. The van der Waals surface area contributed by atoms with E-state index < -0.39 is 97.9 Å². The number of carbonyl (C=O) groups is 12. The quantitative estimate of drug-likeness (QED) is 0.0151. The number of esters is 11. The second kappa shape index (κ2) is 58.0. The van der Waals surface area contributed by atoms with Crippen LogP contribution in [0.25, 0.3) is 0 Å². The minimum absolute atomic E-state index is 0.00785. The lowest BCUT2D eigenvalue weighted by molar-refractivity contribution is -0.144. The molecule has 0 aliphatic heterocycles. The maximum Gasteiger partial charge on any atom is 0.337 e. The van der Waals surface area contributed by atoms with Crippen molar-refractivity contribution in [3.8, 4) is 23.0 Å². The van der Waals surface area contributed by atoms with Gasteiger partial charge in [-0.2, -0.15) is 0 Å². The molecule has 0 N–H and O–H groups in total. The van der Waals surface area contributed by atoms with Gasteiger partial charge in [-0.05, 0) is 125 Å². The van der Waals surface area contributed by atoms with Gasteiger partial charge in [0.05, 0.1) is 51.8 Å². The molecule has 0 atom stereocenters. The van der Waals surface area contributed by atoms with E-state index in [4.69, 9.17) is 52.1 Å². The van der Waals surface area contributed by atoms with Crippen molar-refractivity contribution in [2.45, 2.75) is 195 Å². The summed E-state index contributed by atoms with van der Waals surface area (Å²) in [6.45, 7) is 20.3. The summed E-state index contributed by atoms with van der Waals surface area (Å²) in [4.78, 5) is 152. The van der Waals surface area contributed by atoms with Gasteiger partial charge >= 0.3 is 65.7 Å². The van der Waals surface area contributed by atoms with Crippen LogP contribution in [0.5, 0.6) is 23.0 Å². The molecule has 0 saturated heterocycles. The Morgan fingerprint density at radius 1 is 0.266 bits per heavy atom. The van der Waals surface area contributed by atoms with Crippen molar-refractivity contribution < 1.29 is 129 Å². The van der Waals surface area contributed by atoms with Crippen LogP contribution in [0.2, 0.25) is 0 Å². The standard InChI is InChI=1S/C97H122O27/c1-13-17-21-25-30-70-50-74-58-76-52-71(31-26-22-18-14-2)54-78(92(76)115-44-47-118-95(107)67(6)63-122-88(104)40-36-84(100)111-10)60-80-56-73(33-28-24-20-16-4)57-81(94(80)117-46-49-120-97(109)69(8)65-124-90(106)42-38-86(102)113-12)61-79-55-72(32-27-23-19-15-3)53-77(93(79)116-45-48-119-96(108)68(7)64-123-89(105)41-37-85(101)112-11)59-75(51-70)91(74)114-43-29-34-82(98)66(5)62-121-87(103)39-35-83(99)110-9/h35-42,50-57H,5-8,13-34,43-49,58-65H2,1-4,9-12H3/b39-35-,40-36-,41-37-,42-38-. The highest BCUT2D eigenvalue weighted by Crippen LogP contribution is 2.42. The zero-order chi connectivity index (χ0) is 90.6. The first-order chi connectivity index (χ1) is 59.8. The highest BCUT2D eigenvalue weighted by atomic mass is 16.6. The minimum Gasteiger partial charge on any atom is -0.493 e. The zero-order valence-electron chi connectivity index (χ0n) is 73.3. The fraction of sp³-hybridized carbons (Fsp3) is 0.464. The van der Waals surface area contributed by atoms with Crippen LogP contribution in [0, 0.1) is 0 Å². The average Bonchev–Trinajstić information content (AvgIpc) is 0.772. The van der Waals surface area contributed by atoms with Crippen LogP contribution < -0.4 is 18.9 Å². The van der Waals surface area contributed by atoms with E-state index in [1.807, 2.05) is 0 Å². The van der Waals surface area contributed by atoms with Crippen LogP contribution >= 0.6 is 0 Å². The summed E-state index contributed by atoms with van der Waals surface area (Å²) >= 11 is 0. The molecule has 1 aliphatic rings. The van der Waals surface area contributed by atoms with Gasteiger partial charge in [0.15, 0.2) is 5.78 Å². The fourth-order valence-corrected chi connectivity index (χ4v) is 13.1. The van der Waals surface area contributed by atoms with Crippen molar-refractivity contribution in [2.75, 3.05) is 101 Å². The molecular formula is C97H122O27. The Labute approximate surface area is 727 Å². The molecule has 0 unspecified atom stereocenters. The predicted molar refractivity (Wildman–Crippen MR) is 462 cm³/mol. The SMILES string of the molecule is C=C(COC(=O)/C=C\C(=O)OC)C(=O)CCCOc1c2cc(CCCCCC)cc1Cc1cc(CCCCCC)cc(c1OCCOC(=O)C(=C)COC(=O)/C=C\C(=O)OC)Cc1cc(CCCCCC)cc(c1OCCOC(=O)C(=C)COC(=O)/C=C\C(=O)OC)Cc1cc(CCCCCC)cc(c1OCCOC(=O)C(=C)COC(=O)/C=C\C(=O)OC)C2. The number of Topliss-reactive ketones (excluding diaryl/α,β-unsaturated/α-hetero) is 1. The first-order valence-corrected chi connectivity index (χ1v) is 42.3. The summed E-state index contributed by atoms with van der Waals surface area (Å²) in [5.41, 5.74) is 9.30. The first kappa shape index (κ1) is 102. The van der Waals surface area contributed by atoms with Crippen LogP contribution in [0.15, 0.2) is 146 Å². The number of rotatable bonds is 57. The number of benzene rings is 4. The number of aryl methyl sites for hydroxylation is 4. The van der Waals surface area contributed by atoms with Crippen LogP contribution in [0.3, 0.4) is 0 Å². The smallest absolute Gasteiger partial charge is 0.337 e. The van der Waals surface area contributed by atoms with Crippen LogP contribution in [0.1, 0.15) is 210 Å². The van der Waals surface area contributed by atoms with Crippen molar-refractivity contribution in [1.29, 1.82) is 0 Å². The van der Waals surface area contributed by atoms with Gasteiger partial charge < -0.3 is 71.1 Å². The van der Waals surface area contributed by atoms with Gasteiger partial charge in [0.25, 0.3) is 0 Å². The molecule has 0 heterocycles. The summed E-state index contributed by atoms with van der Waals surface area (Å²) in [6.07, 6.45) is 25.6. The Morgan fingerprint density at radius 3 is 0.710 bits per heavy atom. The number of ketones is 1. The summed E-state index contributed by atoms with van der Waals surface area (Å²) in [5, 5.41) is 0. The molecule has 0 saturated carbocycles. The molecule has 8 bridgehead atoms. The maximum atomic E-state index is 13.9. The van der Waals surface area contributed by atoms with Crippen molar-refractivity contribution in [2.24, 2.45) is 0 Å². The first-order valence-electron chi connectivity index (χ1n) is 42.3. The van der Waals surface area contributed by atoms with E-state index >= 15 is 0 Å². The maximum absolute atomic E-state index is 13.9. The molecule has 0 spiro atoms. The molecule has 0 fully saturated rings. The molecule has 4 aromatic carbocycles. The Hall–Kier alpha value is -12.2. The van der Waals surface area contributed by atoms with E-state index in [0.29, 0.717) is 48.7 Å². The van der Waals surface area contributed by atoms with E-state index in [-0.39, 0.29) is 107 Å². The predicted octanol–water partition coefficient (Wildman–Crippen LogP) is 14.7. The van der Waals surface area contributed by atoms with E-state index in [9.17, 15) is 57.5 Å². The van der Waals surface area contributed by atoms with Crippen LogP contribution in [-0.2, 0) is 161 Å². The number of carbonyl (C=O) groups excluding carboxylic acids is 12. The monoisotopic (exact) mass is 1720 g/mol. The van der Waals surface area contributed by atoms with Gasteiger partial charge in [0, 0.05) is 86.3 Å². The average molecular weight is 1720 g/mol. The lowest BCUT2D eigenvalue weighted by Crippen LogP contribution is -2.19. The van der Waals surface area contributed by atoms with Gasteiger partial charge in [-0.1, -0.05) is 180 Å². The summed E-state index contributed by atoms with van der Waals surface area (Å²) < 4.78 is 84.8. The number of ether oxygens (including phenoxy) is 15. The second-order valence-electron chi connectivity index (χ2n) is 29.5. The third-order valence-corrected chi connectivity index (χ3v) is 19.5. The van der Waals surface area contributed by atoms with Crippen molar-refractivity contribution in [3.05, 3.63) is 213 Å². The van der Waals surface area contributed by atoms with Crippen LogP contribution in [-0.4, -0.2) is 173 Å². The molecule has 27 heteroatoms. The van der Waals surface area contributed by atoms with Crippen molar-refractivity contribution in [3.63, 3.8) is 0 Å². The molecular weight excluding hydrogens is 1600 g/mol. The van der Waals surface area contributed by atoms with E-state index in [1.165, 1.54) is 0 Å². The number of hydrogen-bond acceptors (Lipinski definition) is 27. The van der Waals surface area contributed by atoms with Gasteiger partial charge in [-0.25, -0.2) is 52.7 Å². The zero-order valence-corrected chi connectivity index (χ0v) is 73.3. The Morgan fingerprint density at radius 2 is 0.484 bits per heavy atom. The minimum atomic E-state index is -0.933. The lowest BCUT2D eigenvalue weighted by atomic mass is 9.87. The fourth-order valence-electron chi connectivity index (χ4n) is 13.1. The van der Waals surface area contributed by atoms with E-state index in [0.717, 1.165) is 247 Å². The number of fused-ring (bicyclic) bond motifs is 8. The Kier molecular flexibility index (Phi) is 47.9. The largest absolute Gasteiger partial charge is 0.493 e. The molecule has 0 amide bonds. The number of methoxy groups -OCH3 is 4.